The Morgan fingerprint density at radius 3 is 2.57 bits per heavy atom. The van der Waals surface area contributed by atoms with Crippen molar-refractivity contribution >= 4 is 28.5 Å². The molecule has 0 saturated carbocycles. The molecule has 2 aliphatic rings. The van der Waals surface area contributed by atoms with Gasteiger partial charge in [0.05, 0.1) is 18.2 Å². The lowest BCUT2D eigenvalue weighted by molar-refractivity contribution is 0.149. The topological polar surface area (TPSA) is 70.9 Å². The van der Waals surface area contributed by atoms with Crippen LogP contribution in [0.25, 0.3) is 28.1 Å². The van der Waals surface area contributed by atoms with Gasteiger partial charge < -0.3 is 20.1 Å². The summed E-state index contributed by atoms with van der Waals surface area (Å²) in [6, 6.07) is 12.5. The molecule has 2 N–H and O–H groups in total. The van der Waals surface area contributed by atoms with Crippen molar-refractivity contribution in [3.05, 3.63) is 73.5 Å². The minimum atomic E-state index is 0.567. The molecule has 0 radical (unpaired) electrons. The van der Waals surface area contributed by atoms with E-state index in [1.807, 2.05) is 55.7 Å². The predicted molar refractivity (Wildman–Crippen MR) is 145 cm³/mol. The van der Waals surface area contributed by atoms with E-state index in [9.17, 15) is 0 Å². The molecule has 1 spiro atoms. The molecular formula is C28H33N7. The van der Waals surface area contributed by atoms with Gasteiger partial charge in [-0.15, -0.1) is 0 Å². The maximum Gasteiger partial charge on any atom is 0.129 e. The Hall–Kier alpha value is -3.71. The van der Waals surface area contributed by atoms with E-state index in [0.717, 1.165) is 33.8 Å². The lowest BCUT2D eigenvalue weighted by atomic mass is 9.72. The van der Waals surface area contributed by atoms with E-state index >= 15 is 0 Å². The Bertz CT molecular complexity index is 1310. The summed E-state index contributed by atoms with van der Waals surface area (Å²) in [4.78, 5) is 15.3. The van der Waals surface area contributed by atoms with Gasteiger partial charge in [-0.25, -0.2) is 15.0 Å². The van der Waals surface area contributed by atoms with Gasteiger partial charge in [-0.05, 0) is 61.1 Å². The molecule has 0 atom stereocenters. The number of benzene rings is 1. The molecule has 2 fully saturated rings. The first-order chi connectivity index (χ1) is 17.1. The largest absolute Gasteiger partial charge is 0.373 e. The molecule has 2 aliphatic heterocycles. The lowest BCUT2D eigenvalue weighted by Gasteiger charge is -2.53. The highest BCUT2D eigenvalue weighted by molar-refractivity contribution is 5.88. The van der Waals surface area contributed by atoms with Gasteiger partial charge in [0.1, 0.15) is 11.6 Å². The Morgan fingerprint density at radius 2 is 1.86 bits per heavy atom. The fourth-order valence-corrected chi connectivity index (χ4v) is 5.01. The minimum absolute atomic E-state index is 0.567. The second kappa shape index (κ2) is 9.88. The van der Waals surface area contributed by atoms with Gasteiger partial charge in [0.25, 0.3) is 0 Å². The van der Waals surface area contributed by atoms with Crippen LogP contribution in [0, 0.1) is 5.41 Å². The quantitative estimate of drug-likeness (QED) is 0.457. The molecular weight excluding hydrogens is 434 g/mol. The van der Waals surface area contributed by atoms with E-state index in [2.05, 4.69) is 67.4 Å². The number of hydrogen-bond acceptors (Lipinski definition) is 6. The van der Waals surface area contributed by atoms with Crippen molar-refractivity contribution in [3.8, 4) is 11.3 Å². The van der Waals surface area contributed by atoms with Crippen molar-refractivity contribution in [3.63, 3.8) is 0 Å². The zero-order chi connectivity index (χ0) is 24.3. The summed E-state index contributed by atoms with van der Waals surface area (Å²) in [5.41, 5.74) is 3.99. The molecule has 2 saturated heterocycles. The van der Waals surface area contributed by atoms with Crippen LogP contribution in [0.5, 0.6) is 0 Å². The first kappa shape index (κ1) is 23.1. The number of aryl methyl sites for hydroxylation is 1. The summed E-state index contributed by atoms with van der Waals surface area (Å²) in [5, 5.41) is 8.80. The van der Waals surface area contributed by atoms with E-state index in [-0.39, 0.29) is 0 Å². The number of nitrogens with one attached hydrogen (secondary N) is 2. The Morgan fingerprint density at radius 1 is 1.03 bits per heavy atom. The number of imidazole rings is 1. The van der Waals surface area contributed by atoms with Crippen molar-refractivity contribution in [1.29, 1.82) is 0 Å². The zero-order valence-electron chi connectivity index (χ0n) is 20.5. The zero-order valence-corrected chi connectivity index (χ0v) is 20.5. The number of piperidine rings is 1. The summed E-state index contributed by atoms with van der Waals surface area (Å²) in [6.45, 7) is 8.49. The highest BCUT2D eigenvalue weighted by Crippen LogP contribution is 2.40. The fourth-order valence-electron chi connectivity index (χ4n) is 5.01. The first-order valence-corrected chi connectivity index (χ1v) is 12.2. The van der Waals surface area contributed by atoms with Gasteiger partial charge in [0.2, 0.25) is 0 Å². The summed E-state index contributed by atoms with van der Waals surface area (Å²) in [5.74, 6) is 1.98. The molecule has 35 heavy (non-hydrogen) atoms. The number of pyridine rings is 2. The van der Waals surface area contributed by atoms with Crippen molar-refractivity contribution in [2.75, 3.05) is 43.4 Å². The van der Waals surface area contributed by atoms with Crippen LogP contribution < -0.4 is 15.5 Å². The van der Waals surface area contributed by atoms with Crippen LogP contribution in [0.3, 0.4) is 0 Å². The molecule has 0 unspecified atom stereocenters. The van der Waals surface area contributed by atoms with Crippen LogP contribution in [0.15, 0.2) is 67.9 Å². The fraction of sp³-hybridized carbons (Fsp3) is 0.321. The van der Waals surface area contributed by atoms with Gasteiger partial charge in [0, 0.05) is 55.9 Å². The molecule has 7 nitrogen and oxygen atoms in total. The van der Waals surface area contributed by atoms with Gasteiger partial charge in [-0.2, -0.15) is 0 Å². The summed E-state index contributed by atoms with van der Waals surface area (Å²) >= 11 is 0. The average Bonchev–Trinajstić information content (AvgIpc) is 3.33. The van der Waals surface area contributed by atoms with Crippen LogP contribution in [-0.2, 0) is 7.05 Å². The van der Waals surface area contributed by atoms with Gasteiger partial charge in [-0.1, -0.05) is 24.8 Å². The lowest BCUT2D eigenvalue weighted by Crippen LogP contribution is -2.60. The highest BCUT2D eigenvalue weighted by Gasteiger charge is 2.43. The summed E-state index contributed by atoms with van der Waals surface area (Å²) in [7, 11) is 3.87. The molecule has 4 aromatic rings. The molecule has 5 heterocycles. The van der Waals surface area contributed by atoms with E-state index in [0.29, 0.717) is 5.41 Å². The summed E-state index contributed by atoms with van der Waals surface area (Å²) < 4.78 is 2.02. The highest BCUT2D eigenvalue weighted by atomic mass is 15.3. The monoisotopic (exact) mass is 467 g/mol. The maximum absolute atomic E-state index is 4.45. The first-order valence-electron chi connectivity index (χ1n) is 12.2. The van der Waals surface area contributed by atoms with Crippen molar-refractivity contribution in [1.82, 2.24) is 24.8 Å². The molecule has 7 heteroatoms. The molecule has 0 amide bonds. The predicted octanol–water partition coefficient (Wildman–Crippen LogP) is 4.59. The third-order valence-corrected chi connectivity index (χ3v) is 7.14. The van der Waals surface area contributed by atoms with Crippen molar-refractivity contribution in [2.24, 2.45) is 12.5 Å². The molecule has 3 aromatic heterocycles. The van der Waals surface area contributed by atoms with E-state index in [1.54, 1.807) is 0 Å². The van der Waals surface area contributed by atoms with Crippen LogP contribution in [0.1, 0.15) is 18.4 Å². The Balaban J connectivity index is 0.000000145. The van der Waals surface area contributed by atoms with Crippen molar-refractivity contribution in [2.45, 2.75) is 12.8 Å². The number of hydrogen-bond donors (Lipinski definition) is 2. The van der Waals surface area contributed by atoms with E-state index in [4.69, 9.17) is 0 Å². The number of anilines is 2. The minimum Gasteiger partial charge on any atom is -0.373 e. The second-order valence-corrected chi connectivity index (χ2v) is 9.53. The molecule has 6 rings (SSSR count). The van der Waals surface area contributed by atoms with Gasteiger partial charge in [0.15, 0.2) is 0 Å². The third kappa shape index (κ3) is 4.91. The number of nitrogens with zero attached hydrogens (tertiary/aromatic N) is 5. The molecule has 0 aliphatic carbocycles. The smallest absolute Gasteiger partial charge is 0.129 e. The molecule has 1 aromatic carbocycles. The maximum atomic E-state index is 4.45. The van der Waals surface area contributed by atoms with Crippen LogP contribution >= 0.6 is 0 Å². The number of aromatic nitrogens is 4. The van der Waals surface area contributed by atoms with Gasteiger partial charge >= 0.3 is 0 Å². The second-order valence-electron chi connectivity index (χ2n) is 9.53. The third-order valence-electron chi connectivity index (χ3n) is 7.14. The average molecular weight is 468 g/mol. The number of rotatable bonds is 4. The van der Waals surface area contributed by atoms with Gasteiger partial charge in [-0.3, -0.25) is 0 Å². The molecule has 0 bridgehead atoms. The molecule has 180 valence electrons. The SMILES string of the molecule is C=Cc1ccnc(N2CC3(CCNCC3)C2)c1.CNc1cc2cc(-c3cncn3C)ccc2cn1. The van der Waals surface area contributed by atoms with E-state index < -0.39 is 0 Å². The van der Waals surface area contributed by atoms with E-state index in [1.165, 1.54) is 44.4 Å². The summed E-state index contributed by atoms with van der Waals surface area (Å²) in [6.07, 6.45) is 11.9. The van der Waals surface area contributed by atoms with Crippen LogP contribution in [0.2, 0.25) is 0 Å². The normalized spacial score (nSPS) is 16.3. The Kier molecular flexibility index (Phi) is 6.51. The van der Waals surface area contributed by atoms with Crippen molar-refractivity contribution < 1.29 is 0 Å². The van der Waals surface area contributed by atoms with Crippen LogP contribution in [0.4, 0.5) is 11.6 Å². The number of fused-ring (bicyclic) bond motifs is 1. The van der Waals surface area contributed by atoms with Crippen LogP contribution in [-0.4, -0.2) is 52.7 Å². The Labute approximate surface area is 206 Å². The standard InChI is InChI=1S/C14H14N4.C14H19N3/c1-15-14-6-12-5-10(3-4-11(12)7-17-14)13-8-16-9-18(13)2;1-2-12-3-6-16-13(9-12)17-10-14(11-17)4-7-15-8-5-14/h3-9H,1-2H3,(H,15,17);2-3,6,9,15H,1,4-5,7-8,10-11H2.